The number of carbonyl (C=O) groups excluding carboxylic acids is 1. The van der Waals surface area contributed by atoms with Crippen molar-refractivity contribution in [3.05, 3.63) is 34.9 Å². The first kappa shape index (κ1) is 14.7. The van der Waals surface area contributed by atoms with Crippen LogP contribution in [-0.2, 0) is 4.74 Å². The average Bonchev–Trinajstić information content (AvgIpc) is 2.27. The van der Waals surface area contributed by atoms with Gasteiger partial charge in [-0.1, -0.05) is 69.8 Å². The van der Waals surface area contributed by atoms with Crippen molar-refractivity contribution in [3.63, 3.8) is 0 Å². The first-order chi connectivity index (χ1) is 7.45. The molecule has 88 valence electrons. The van der Waals surface area contributed by atoms with Gasteiger partial charge in [0.1, 0.15) is 0 Å². The maximum Gasteiger partial charge on any atom is 0.337 e. The fourth-order valence-corrected chi connectivity index (χ4v) is 2.22. The predicted molar refractivity (Wildman–Crippen MR) is 79.0 cm³/mol. The molecule has 0 saturated heterocycles. The van der Waals surface area contributed by atoms with E-state index in [9.17, 15) is 4.79 Å². The van der Waals surface area contributed by atoms with Gasteiger partial charge in [0, 0.05) is 0 Å². The zero-order chi connectivity index (χ0) is 12.3. The number of methoxy groups -OCH3 is 1. The van der Waals surface area contributed by atoms with Crippen molar-refractivity contribution in [2.24, 2.45) is 0 Å². The number of benzene rings is 1. The molecule has 0 radical (unpaired) electrons. The Hall–Kier alpha value is 0.610. The Morgan fingerprint density at radius 1 is 1.06 bits per heavy atom. The van der Waals surface area contributed by atoms with E-state index < -0.39 is 0 Å². The highest BCUT2D eigenvalue weighted by Crippen LogP contribution is 2.35. The van der Waals surface area contributed by atoms with Gasteiger partial charge in [-0.15, -0.1) is 0 Å². The SMILES string of the molecule is COC(=O)c1cc(C(Br)Br)cc(C(Br)Br)c1. The maximum atomic E-state index is 11.5. The monoisotopic (exact) mass is 476 g/mol. The van der Waals surface area contributed by atoms with Gasteiger partial charge in [-0.2, -0.15) is 0 Å². The first-order valence-corrected chi connectivity index (χ1v) is 7.91. The van der Waals surface area contributed by atoms with Crippen LogP contribution in [0.15, 0.2) is 18.2 Å². The normalized spacial score (nSPS) is 10.9. The number of hydrogen-bond donors (Lipinski definition) is 0. The van der Waals surface area contributed by atoms with Crippen molar-refractivity contribution in [2.75, 3.05) is 7.11 Å². The van der Waals surface area contributed by atoms with Crippen molar-refractivity contribution in [1.82, 2.24) is 0 Å². The Bertz CT molecular complexity index is 364. The molecule has 0 saturated carbocycles. The van der Waals surface area contributed by atoms with Gasteiger partial charge in [-0.3, -0.25) is 0 Å². The molecule has 0 aromatic heterocycles. The second-order valence-corrected chi connectivity index (χ2v) is 9.10. The predicted octanol–water partition coefficient (Wildman–Crippen LogP) is 5.05. The Morgan fingerprint density at radius 3 is 1.81 bits per heavy atom. The minimum atomic E-state index is -0.343. The summed E-state index contributed by atoms with van der Waals surface area (Å²) >= 11 is 13.6. The molecule has 0 N–H and O–H groups in total. The second-order valence-electron chi connectivity index (χ2n) is 2.98. The van der Waals surface area contributed by atoms with Crippen LogP contribution in [0.2, 0.25) is 0 Å². The molecule has 0 atom stereocenters. The highest BCUT2D eigenvalue weighted by atomic mass is 79.9. The zero-order valence-corrected chi connectivity index (χ0v) is 14.6. The standard InChI is InChI=1S/C10H8Br4O2/c1-16-10(15)7-3-5(8(11)12)2-6(4-7)9(13)14/h2-4,8-9H,1H3. The minimum absolute atomic E-state index is 0.00195. The van der Waals surface area contributed by atoms with Gasteiger partial charge in [0.25, 0.3) is 0 Å². The van der Waals surface area contributed by atoms with Gasteiger partial charge in [-0.05, 0) is 23.3 Å². The Morgan fingerprint density at radius 2 is 1.50 bits per heavy atom. The van der Waals surface area contributed by atoms with Crippen LogP contribution in [0.1, 0.15) is 29.0 Å². The highest BCUT2D eigenvalue weighted by molar-refractivity contribution is 9.24. The lowest BCUT2D eigenvalue weighted by atomic mass is 10.1. The van der Waals surface area contributed by atoms with Gasteiger partial charge >= 0.3 is 5.97 Å². The van der Waals surface area contributed by atoms with E-state index in [1.165, 1.54) is 7.11 Å². The molecule has 0 fully saturated rings. The quantitative estimate of drug-likeness (QED) is 0.448. The summed E-state index contributed by atoms with van der Waals surface area (Å²) in [4.78, 5) is 11.5. The largest absolute Gasteiger partial charge is 0.465 e. The van der Waals surface area contributed by atoms with Crippen LogP contribution in [0.25, 0.3) is 0 Å². The van der Waals surface area contributed by atoms with Crippen LogP contribution in [-0.4, -0.2) is 13.1 Å². The van der Waals surface area contributed by atoms with Crippen LogP contribution < -0.4 is 0 Å². The zero-order valence-electron chi connectivity index (χ0n) is 8.22. The number of hydrogen-bond acceptors (Lipinski definition) is 2. The van der Waals surface area contributed by atoms with Gasteiger partial charge in [0.2, 0.25) is 0 Å². The van der Waals surface area contributed by atoms with E-state index in [0.29, 0.717) is 5.56 Å². The molecule has 0 unspecified atom stereocenters. The van der Waals surface area contributed by atoms with Gasteiger partial charge in [-0.25, -0.2) is 4.79 Å². The summed E-state index contributed by atoms with van der Waals surface area (Å²) in [5.41, 5.74) is 2.45. The van der Waals surface area contributed by atoms with E-state index in [1.54, 1.807) is 12.1 Å². The molecule has 0 aliphatic rings. The number of ether oxygens (including phenoxy) is 1. The molecule has 0 aliphatic carbocycles. The number of halogens is 4. The highest BCUT2D eigenvalue weighted by Gasteiger charge is 2.14. The van der Waals surface area contributed by atoms with Crippen LogP contribution >= 0.6 is 63.7 Å². The molecule has 2 nitrogen and oxygen atoms in total. The van der Waals surface area contributed by atoms with Crippen LogP contribution in [0, 0.1) is 0 Å². The molecule has 0 amide bonds. The van der Waals surface area contributed by atoms with Crippen molar-refractivity contribution >= 4 is 69.7 Å². The summed E-state index contributed by atoms with van der Waals surface area (Å²) < 4.78 is 4.71. The Balaban J connectivity index is 3.24. The van der Waals surface area contributed by atoms with Crippen LogP contribution in [0.3, 0.4) is 0 Å². The number of rotatable bonds is 3. The van der Waals surface area contributed by atoms with Crippen molar-refractivity contribution < 1.29 is 9.53 Å². The minimum Gasteiger partial charge on any atom is -0.465 e. The number of esters is 1. The van der Waals surface area contributed by atoms with E-state index in [4.69, 9.17) is 4.74 Å². The fourth-order valence-electron chi connectivity index (χ4n) is 1.16. The first-order valence-electron chi connectivity index (χ1n) is 4.25. The van der Waals surface area contributed by atoms with E-state index in [1.807, 2.05) is 6.07 Å². The van der Waals surface area contributed by atoms with Crippen molar-refractivity contribution in [1.29, 1.82) is 0 Å². The summed E-state index contributed by atoms with van der Waals surface area (Å²) in [6.45, 7) is 0. The van der Waals surface area contributed by atoms with Crippen molar-refractivity contribution in [3.8, 4) is 0 Å². The Kier molecular flexibility index (Phi) is 5.98. The molecule has 1 aromatic carbocycles. The smallest absolute Gasteiger partial charge is 0.337 e. The second kappa shape index (κ2) is 6.52. The molecule has 1 aromatic rings. The van der Waals surface area contributed by atoms with Gasteiger partial charge < -0.3 is 4.74 Å². The third kappa shape index (κ3) is 3.82. The van der Waals surface area contributed by atoms with Crippen molar-refractivity contribution in [2.45, 2.75) is 7.47 Å². The molecule has 1 rings (SSSR count). The molecule has 0 heterocycles. The fraction of sp³-hybridized carbons (Fsp3) is 0.300. The molecular formula is C10H8Br4O2. The van der Waals surface area contributed by atoms with Crippen LogP contribution in [0.5, 0.6) is 0 Å². The molecular weight excluding hydrogens is 472 g/mol. The molecule has 0 bridgehead atoms. The lowest BCUT2D eigenvalue weighted by Gasteiger charge is -2.10. The summed E-state index contributed by atoms with van der Waals surface area (Å²) in [7, 11) is 1.37. The van der Waals surface area contributed by atoms with Crippen LogP contribution in [0.4, 0.5) is 0 Å². The van der Waals surface area contributed by atoms with Gasteiger partial charge in [0.05, 0.1) is 20.1 Å². The summed E-state index contributed by atoms with van der Waals surface area (Å²) in [5.74, 6) is -0.343. The number of carbonyl (C=O) groups is 1. The third-order valence-electron chi connectivity index (χ3n) is 1.90. The van der Waals surface area contributed by atoms with E-state index in [0.717, 1.165) is 11.1 Å². The number of alkyl halides is 4. The average molecular weight is 480 g/mol. The maximum absolute atomic E-state index is 11.5. The molecule has 6 heteroatoms. The summed E-state index contributed by atoms with van der Waals surface area (Å²) in [6.07, 6.45) is 0. The topological polar surface area (TPSA) is 26.3 Å². The Labute approximate surface area is 128 Å². The lowest BCUT2D eigenvalue weighted by molar-refractivity contribution is 0.0600. The lowest BCUT2D eigenvalue weighted by Crippen LogP contribution is -2.03. The summed E-state index contributed by atoms with van der Waals surface area (Å²) in [5, 5.41) is 0. The van der Waals surface area contributed by atoms with E-state index >= 15 is 0 Å². The van der Waals surface area contributed by atoms with Gasteiger partial charge in [0.15, 0.2) is 0 Å². The molecule has 0 spiro atoms. The summed E-state index contributed by atoms with van der Waals surface area (Å²) in [6, 6.07) is 5.55. The molecule has 0 aliphatic heterocycles. The molecule has 16 heavy (non-hydrogen) atoms. The van der Waals surface area contributed by atoms with E-state index in [-0.39, 0.29) is 13.4 Å². The van der Waals surface area contributed by atoms with E-state index in [2.05, 4.69) is 63.7 Å². The third-order valence-corrected chi connectivity index (χ3v) is 4.02.